The quantitative estimate of drug-likeness (QED) is 0.257. The molecule has 3 unspecified atom stereocenters. The highest BCUT2D eigenvalue weighted by molar-refractivity contribution is 5.91. The van der Waals surface area contributed by atoms with E-state index in [4.69, 9.17) is 14.7 Å². The highest BCUT2D eigenvalue weighted by atomic mass is 16.5. The fourth-order valence-electron chi connectivity index (χ4n) is 3.21. The van der Waals surface area contributed by atoms with Crippen LogP contribution in [0.25, 0.3) is 0 Å². The van der Waals surface area contributed by atoms with Gasteiger partial charge in [-0.25, -0.2) is 10.4 Å². The van der Waals surface area contributed by atoms with Crippen LogP contribution in [-0.4, -0.2) is 49.5 Å². The number of nitriles is 1. The molecule has 2 aliphatic heterocycles. The first kappa shape index (κ1) is 23.7. The van der Waals surface area contributed by atoms with E-state index >= 15 is 0 Å². The maximum absolute atomic E-state index is 12.4. The molecule has 0 saturated carbocycles. The molecule has 0 aromatic carbocycles. The van der Waals surface area contributed by atoms with E-state index in [0.717, 1.165) is 44.7 Å². The Balaban J connectivity index is 1.74. The van der Waals surface area contributed by atoms with Crippen molar-refractivity contribution in [1.82, 2.24) is 10.4 Å². The lowest BCUT2D eigenvalue weighted by Gasteiger charge is -2.32. The van der Waals surface area contributed by atoms with Crippen LogP contribution in [0, 0.1) is 41.1 Å². The van der Waals surface area contributed by atoms with Gasteiger partial charge in [0.15, 0.2) is 0 Å². The SMILES string of the molecule is C=CC(C#N)CC#COCC(C)/C=N\C(=O)[C@H]1C=C2CC(COCCC)CCN2N1. The molecule has 7 heteroatoms. The predicted octanol–water partition coefficient (Wildman–Crippen LogP) is 2.82. The smallest absolute Gasteiger partial charge is 0.268 e. The first-order chi connectivity index (χ1) is 14.6. The average Bonchev–Trinajstić information content (AvgIpc) is 3.18. The lowest BCUT2D eigenvalue weighted by molar-refractivity contribution is -0.119. The van der Waals surface area contributed by atoms with E-state index in [1.54, 1.807) is 12.3 Å². The Morgan fingerprint density at radius 2 is 2.40 bits per heavy atom. The molecule has 2 heterocycles. The van der Waals surface area contributed by atoms with E-state index in [9.17, 15) is 4.79 Å². The highest BCUT2D eigenvalue weighted by Gasteiger charge is 2.32. The molecule has 1 amide bonds. The van der Waals surface area contributed by atoms with E-state index in [-0.39, 0.29) is 17.7 Å². The fourth-order valence-corrected chi connectivity index (χ4v) is 3.21. The standard InChI is InChI=1S/C23H32N4O3/c1-4-10-29-17-20-8-9-27-21(12-20)13-22(26-27)23(28)25-15-18(3)16-30-11-6-7-19(5-2)14-24/h5,13,15,18-20,22,26H,2,4,7-10,12,16-17H2,1,3H3/b25-15-/t18?,19?,20?,22-/m1/s1. The second kappa shape index (κ2) is 12.8. The number of piperidine rings is 1. The Kier molecular flexibility index (Phi) is 10.1. The summed E-state index contributed by atoms with van der Waals surface area (Å²) in [6.45, 7) is 10.4. The van der Waals surface area contributed by atoms with Crippen LogP contribution >= 0.6 is 0 Å². The van der Waals surface area contributed by atoms with Crippen molar-refractivity contribution in [2.24, 2.45) is 22.7 Å². The Labute approximate surface area is 179 Å². The molecule has 1 N–H and O–H groups in total. The number of allylic oxidation sites excluding steroid dienone is 2. The molecule has 4 atom stereocenters. The van der Waals surface area contributed by atoms with Gasteiger partial charge in [-0.2, -0.15) is 5.26 Å². The molecule has 1 saturated heterocycles. The van der Waals surface area contributed by atoms with E-state index in [1.807, 2.05) is 13.0 Å². The molecule has 2 rings (SSSR count). The van der Waals surface area contributed by atoms with Crippen molar-refractivity contribution in [2.45, 2.75) is 45.6 Å². The molecule has 0 radical (unpaired) electrons. The Morgan fingerprint density at radius 3 is 3.13 bits per heavy atom. The fraction of sp³-hybridized carbons (Fsp3) is 0.609. The normalized spacial score (nSPS) is 22.3. The van der Waals surface area contributed by atoms with E-state index in [0.29, 0.717) is 18.9 Å². The summed E-state index contributed by atoms with van der Waals surface area (Å²) in [6, 6.07) is 1.67. The van der Waals surface area contributed by atoms with Crippen LogP contribution in [0.5, 0.6) is 0 Å². The predicted molar refractivity (Wildman–Crippen MR) is 116 cm³/mol. The third-order valence-corrected chi connectivity index (χ3v) is 4.95. The van der Waals surface area contributed by atoms with Crippen molar-refractivity contribution in [3.8, 4) is 18.1 Å². The molecule has 0 aromatic rings. The van der Waals surface area contributed by atoms with Gasteiger partial charge in [-0.15, -0.1) is 6.58 Å². The Bertz CT molecular complexity index is 744. The van der Waals surface area contributed by atoms with Crippen LogP contribution in [0.2, 0.25) is 0 Å². The number of aliphatic imine (C=N–C) groups is 1. The topological polar surface area (TPSA) is 86.9 Å². The van der Waals surface area contributed by atoms with Gasteiger partial charge in [-0.3, -0.25) is 4.79 Å². The molecule has 0 spiro atoms. The lowest BCUT2D eigenvalue weighted by atomic mass is 9.96. The van der Waals surface area contributed by atoms with Gasteiger partial charge in [0, 0.05) is 44.0 Å². The largest absolute Gasteiger partial charge is 0.446 e. The average molecular weight is 413 g/mol. The lowest BCUT2D eigenvalue weighted by Crippen LogP contribution is -2.43. The number of fused-ring (bicyclic) bond motifs is 1. The van der Waals surface area contributed by atoms with Gasteiger partial charge in [0.2, 0.25) is 0 Å². The number of ether oxygens (including phenoxy) is 2. The van der Waals surface area contributed by atoms with Crippen molar-refractivity contribution >= 4 is 12.1 Å². The molecule has 0 bridgehead atoms. The second-order valence-corrected chi connectivity index (χ2v) is 7.71. The Hall–Kier alpha value is -2.61. The van der Waals surface area contributed by atoms with Gasteiger partial charge in [0.1, 0.15) is 18.8 Å². The summed E-state index contributed by atoms with van der Waals surface area (Å²) in [6.07, 6.45) is 11.1. The number of hydrazine groups is 1. The minimum absolute atomic E-state index is 0.0499. The summed E-state index contributed by atoms with van der Waals surface area (Å²) in [4.78, 5) is 16.5. The number of carbonyl (C=O) groups is 1. The summed E-state index contributed by atoms with van der Waals surface area (Å²) in [5.41, 5.74) is 4.39. The molecular weight excluding hydrogens is 380 g/mol. The zero-order valence-corrected chi connectivity index (χ0v) is 18.0. The minimum atomic E-state index is -0.415. The van der Waals surface area contributed by atoms with Gasteiger partial charge in [0.25, 0.3) is 5.91 Å². The van der Waals surface area contributed by atoms with Crippen LogP contribution in [0.3, 0.4) is 0 Å². The molecule has 1 fully saturated rings. The number of hydrogen-bond acceptors (Lipinski definition) is 6. The van der Waals surface area contributed by atoms with Gasteiger partial charge in [-0.05, 0) is 31.3 Å². The van der Waals surface area contributed by atoms with Crippen molar-refractivity contribution < 1.29 is 14.3 Å². The zero-order valence-electron chi connectivity index (χ0n) is 18.0. The first-order valence-electron chi connectivity index (χ1n) is 10.6. The van der Waals surface area contributed by atoms with Crippen molar-refractivity contribution in [1.29, 1.82) is 5.26 Å². The number of rotatable bonds is 10. The van der Waals surface area contributed by atoms with Crippen LogP contribution in [-0.2, 0) is 14.3 Å². The number of nitrogens with one attached hydrogen (secondary N) is 1. The van der Waals surface area contributed by atoms with Crippen LogP contribution in [0.4, 0.5) is 0 Å². The molecule has 0 aromatic heterocycles. The summed E-state index contributed by atoms with van der Waals surface area (Å²) < 4.78 is 11.0. The van der Waals surface area contributed by atoms with E-state index in [2.05, 4.69) is 47.0 Å². The number of hydrogen-bond donors (Lipinski definition) is 1. The van der Waals surface area contributed by atoms with Gasteiger partial charge in [-0.1, -0.05) is 25.8 Å². The molecular formula is C23H32N4O3. The zero-order chi connectivity index (χ0) is 21.8. The summed E-state index contributed by atoms with van der Waals surface area (Å²) in [5, 5.41) is 10.9. The van der Waals surface area contributed by atoms with E-state index in [1.165, 1.54) is 0 Å². The van der Waals surface area contributed by atoms with Crippen LogP contribution in [0.1, 0.15) is 39.5 Å². The second-order valence-electron chi connectivity index (χ2n) is 7.71. The third kappa shape index (κ3) is 7.67. The minimum Gasteiger partial charge on any atom is -0.446 e. The Morgan fingerprint density at radius 1 is 1.57 bits per heavy atom. The van der Waals surface area contributed by atoms with Crippen molar-refractivity contribution in [3.05, 3.63) is 24.4 Å². The van der Waals surface area contributed by atoms with Gasteiger partial charge >= 0.3 is 0 Å². The maximum atomic E-state index is 12.4. The number of carbonyl (C=O) groups excluding carboxylic acids is 1. The molecule has 7 nitrogen and oxygen atoms in total. The van der Waals surface area contributed by atoms with Crippen LogP contribution in [0.15, 0.2) is 29.4 Å². The van der Waals surface area contributed by atoms with Crippen LogP contribution < -0.4 is 5.43 Å². The third-order valence-electron chi connectivity index (χ3n) is 4.95. The summed E-state index contributed by atoms with van der Waals surface area (Å²) in [7, 11) is 0. The monoisotopic (exact) mass is 412 g/mol. The first-order valence-corrected chi connectivity index (χ1v) is 10.6. The van der Waals surface area contributed by atoms with Gasteiger partial charge < -0.3 is 14.5 Å². The summed E-state index contributed by atoms with van der Waals surface area (Å²) in [5.74, 6) is 2.75. The van der Waals surface area contributed by atoms with Crippen molar-refractivity contribution in [2.75, 3.05) is 26.4 Å². The molecule has 2 aliphatic rings. The maximum Gasteiger partial charge on any atom is 0.268 e. The molecule has 30 heavy (non-hydrogen) atoms. The van der Waals surface area contributed by atoms with E-state index < -0.39 is 6.04 Å². The highest BCUT2D eigenvalue weighted by Crippen LogP contribution is 2.28. The van der Waals surface area contributed by atoms with Crippen molar-refractivity contribution in [3.63, 3.8) is 0 Å². The molecule has 162 valence electrons. The summed E-state index contributed by atoms with van der Waals surface area (Å²) >= 11 is 0. The van der Waals surface area contributed by atoms with Gasteiger partial charge in [0.05, 0.1) is 12.0 Å². The molecule has 0 aliphatic carbocycles. The number of amides is 1. The number of nitrogens with zero attached hydrogens (tertiary/aromatic N) is 3.